The number of carbonyl (C=O) groups excluding carboxylic acids is 2. The molecule has 0 saturated heterocycles. The van der Waals surface area contributed by atoms with Crippen molar-refractivity contribution in [2.45, 2.75) is 6.42 Å². The van der Waals surface area contributed by atoms with E-state index in [9.17, 15) is 18.4 Å². The number of halogens is 2. The molecule has 0 atom stereocenters. The maximum Gasteiger partial charge on any atom is 0.262 e. The molecule has 0 radical (unpaired) electrons. The zero-order valence-corrected chi connectivity index (χ0v) is 11.9. The highest BCUT2D eigenvalue weighted by Crippen LogP contribution is 2.36. The van der Waals surface area contributed by atoms with E-state index in [4.69, 9.17) is 4.74 Å². The second-order valence-corrected chi connectivity index (χ2v) is 5.02. The fourth-order valence-corrected chi connectivity index (χ4v) is 2.29. The lowest BCUT2D eigenvalue weighted by Crippen LogP contribution is -2.26. The number of amides is 2. The van der Waals surface area contributed by atoms with Gasteiger partial charge in [-0.05, 0) is 17.7 Å². The molecule has 0 spiro atoms. The zero-order chi connectivity index (χ0) is 16.4. The van der Waals surface area contributed by atoms with Gasteiger partial charge < -0.3 is 15.4 Å². The number of rotatable bonds is 3. The van der Waals surface area contributed by atoms with Gasteiger partial charge in [0.05, 0.1) is 17.8 Å². The SMILES string of the molecule is O=C1COc2c(cc(F)cc2NC(=O)Cc2cccc(F)c2)N1. The Bertz CT molecular complexity index is 793. The molecular formula is C16H12F2N2O3. The largest absolute Gasteiger partial charge is 0.479 e. The van der Waals surface area contributed by atoms with Gasteiger partial charge >= 0.3 is 0 Å². The molecule has 2 N–H and O–H groups in total. The molecule has 118 valence electrons. The minimum absolute atomic E-state index is 0.0740. The first kappa shape index (κ1) is 15.0. The Morgan fingerprint density at radius 3 is 2.83 bits per heavy atom. The highest BCUT2D eigenvalue weighted by Gasteiger charge is 2.21. The van der Waals surface area contributed by atoms with Crippen LogP contribution in [-0.2, 0) is 16.0 Å². The number of ether oxygens (including phenoxy) is 1. The molecule has 5 nitrogen and oxygen atoms in total. The van der Waals surface area contributed by atoms with Crippen LogP contribution in [0.25, 0.3) is 0 Å². The maximum atomic E-state index is 13.6. The fourth-order valence-electron chi connectivity index (χ4n) is 2.29. The number of carbonyl (C=O) groups is 2. The summed E-state index contributed by atoms with van der Waals surface area (Å²) < 4.78 is 32.0. The molecule has 7 heteroatoms. The topological polar surface area (TPSA) is 67.4 Å². The summed E-state index contributed by atoms with van der Waals surface area (Å²) in [6.45, 7) is -0.217. The summed E-state index contributed by atoms with van der Waals surface area (Å²) in [5.74, 6) is -1.73. The Morgan fingerprint density at radius 1 is 1.22 bits per heavy atom. The van der Waals surface area contributed by atoms with E-state index in [1.54, 1.807) is 6.07 Å². The summed E-state index contributed by atoms with van der Waals surface area (Å²) >= 11 is 0. The van der Waals surface area contributed by atoms with Crippen LogP contribution in [0.4, 0.5) is 20.2 Å². The summed E-state index contributed by atoms with van der Waals surface area (Å²) in [6.07, 6.45) is -0.0740. The second-order valence-electron chi connectivity index (χ2n) is 5.02. The van der Waals surface area contributed by atoms with Crippen molar-refractivity contribution in [1.29, 1.82) is 0 Å². The van der Waals surface area contributed by atoms with Crippen LogP contribution >= 0.6 is 0 Å². The van der Waals surface area contributed by atoms with Gasteiger partial charge in [0.15, 0.2) is 12.4 Å². The Balaban J connectivity index is 1.80. The summed E-state index contributed by atoms with van der Waals surface area (Å²) in [6, 6.07) is 7.84. The highest BCUT2D eigenvalue weighted by molar-refractivity contribution is 6.00. The predicted octanol–water partition coefficient (Wildman–Crippen LogP) is 2.48. The Morgan fingerprint density at radius 2 is 2.04 bits per heavy atom. The van der Waals surface area contributed by atoms with Gasteiger partial charge in [-0.3, -0.25) is 9.59 Å². The molecule has 2 amide bonds. The molecule has 2 aromatic carbocycles. The first-order valence-corrected chi connectivity index (χ1v) is 6.82. The minimum Gasteiger partial charge on any atom is -0.479 e. The lowest BCUT2D eigenvalue weighted by molar-refractivity contribution is -0.118. The van der Waals surface area contributed by atoms with Gasteiger partial charge in [-0.1, -0.05) is 12.1 Å². The fraction of sp³-hybridized carbons (Fsp3) is 0.125. The van der Waals surface area contributed by atoms with Crippen molar-refractivity contribution in [2.75, 3.05) is 17.2 Å². The van der Waals surface area contributed by atoms with Crippen LogP contribution in [-0.4, -0.2) is 18.4 Å². The number of benzene rings is 2. The van der Waals surface area contributed by atoms with E-state index in [0.29, 0.717) is 5.56 Å². The molecule has 0 unspecified atom stereocenters. The summed E-state index contributed by atoms with van der Waals surface area (Å²) in [5, 5.41) is 4.98. The zero-order valence-electron chi connectivity index (χ0n) is 11.9. The van der Waals surface area contributed by atoms with E-state index >= 15 is 0 Å². The number of anilines is 2. The molecule has 23 heavy (non-hydrogen) atoms. The average molecular weight is 318 g/mol. The summed E-state index contributed by atoms with van der Waals surface area (Å²) in [7, 11) is 0. The van der Waals surface area contributed by atoms with Gasteiger partial charge in [0.25, 0.3) is 5.91 Å². The number of nitrogens with one attached hydrogen (secondary N) is 2. The molecular weight excluding hydrogens is 306 g/mol. The Kier molecular flexibility index (Phi) is 3.92. The molecule has 0 bridgehead atoms. The highest BCUT2D eigenvalue weighted by atomic mass is 19.1. The van der Waals surface area contributed by atoms with Crippen LogP contribution in [0.1, 0.15) is 5.56 Å². The van der Waals surface area contributed by atoms with Crippen molar-refractivity contribution < 1.29 is 23.1 Å². The quantitative estimate of drug-likeness (QED) is 0.913. The molecule has 3 rings (SSSR count). The molecule has 0 aliphatic carbocycles. The van der Waals surface area contributed by atoms with Gasteiger partial charge in [0.2, 0.25) is 5.91 Å². The van der Waals surface area contributed by atoms with Crippen molar-refractivity contribution in [3.05, 3.63) is 53.6 Å². The Hall–Kier alpha value is -2.96. The molecule has 0 saturated carbocycles. The minimum atomic E-state index is -0.629. The third-order valence-electron chi connectivity index (χ3n) is 3.20. The smallest absolute Gasteiger partial charge is 0.262 e. The van der Waals surface area contributed by atoms with Gasteiger partial charge in [-0.2, -0.15) is 0 Å². The van der Waals surface area contributed by atoms with Crippen LogP contribution in [0.15, 0.2) is 36.4 Å². The number of fused-ring (bicyclic) bond motifs is 1. The standard InChI is InChI=1S/C16H12F2N2O3/c17-10-3-1-2-9(4-10)5-14(21)19-12-6-11(18)7-13-16(12)23-8-15(22)20-13/h1-4,6-7H,5,8H2,(H,19,21)(H,20,22). The average Bonchev–Trinajstić information content (AvgIpc) is 2.46. The third kappa shape index (κ3) is 3.45. The van der Waals surface area contributed by atoms with E-state index in [1.807, 2.05) is 0 Å². The van der Waals surface area contributed by atoms with E-state index in [2.05, 4.69) is 10.6 Å². The monoisotopic (exact) mass is 318 g/mol. The number of hydrogen-bond acceptors (Lipinski definition) is 3. The van der Waals surface area contributed by atoms with Crippen molar-refractivity contribution in [3.63, 3.8) is 0 Å². The van der Waals surface area contributed by atoms with Crippen LogP contribution in [0.3, 0.4) is 0 Å². The van der Waals surface area contributed by atoms with Crippen molar-refractivity contribution in [2.24, 2.45) is 0 Å². The lowest BCUT2D eigenvalue weighted by Gasteiger charge is -2.21. The first-order valence-electron chi connectivity index (χ1n) is 6.82. The predicted molar refractivity (Wildman–Crippen MR) is 79.3 cm³/mol. The summed E-state index contributed by atoms with van der Waals surface area (Å²) in [5.41, 5.74) is 0.755. The van der Waals surface area contributed by atoms with Gasteiger partial charge in [-0.25, -0.2) is 8.78 Å². The third-order valence-corrected chi connectivity index (χ3v) is 3.20. The molecule has 0 fully saturated rings. The van der Waals surface area contributed by atoms with E-state index in [0.717, 1.165) is 12.1 Å². The lowest BCUT2D eigenvalue weighted by atomic mass is 10.1. The second kappa shape index (κ2) is 6.04. The van der Waals surface area contributed by atoms with E-state index < -0.39 is 23.4 Å². The maximum absolute atomic E-state index is 13.6. The van der Waals surface area contributed by atoms with E-state index in [1.165, 1.54) is 18.2 Å². The van der Waals surface area contributed by atoms with Crippen molar-refractivity contribution in [1.82, 2.24) is 0 Å². The molecule has 0 aromatic heterocycles. The van der Waals surface area contributed by atoms with Crippen molar-refractivity contribution >= 4 is 23.2 Å². The van der Waals surface area contributed by atoms with Crippen LogP contribution < -0.4 is 15.4 Å². The van der Waals surface area contributed by atoms with E-state index in [-0.39, 0.29) is 30.2 Å². The van der Waals surface area contributed by atoms with Crippen LogP contribution in [0, 0.1) is 11.6 Å². The van der Waals surface area contributed by atoms with Gasteiger partial charge in [0, 0.05) is 12.1 Å². The van der Waals surface area contributed by atoms with Crippen LogP contribution in [0.5, 0.6) is 5.75 Å². The number of hydrogen-bond donors (Lipinski definition) is 2. The normalized spacial score (nSPS) is 12.9. The van der Waals surface area contributed by atoms with Gasteiger partial charge in [-0.15, -0.1) is 0 Å². The molecule has 1 heterocycles. The first-order chi connectivity index (χ1) is 11.0. The molecule has 1 aliphatic rings. The van der Waals surface area contributed by atoms with Crippen molar-refractivity contribution in [3.8, 4) is 5.75 Å². The molecule has 2 aromatic rings. The Labute approximate surface area is 130 Å². The van der Waals surface area contributed by atoms with Gasteiger partial charge in [0.1, 0.15) is 11.6 Å². The molecule has 1 aliphatic heterocycles. The summed E-state index contributed by atoms with van der Waals surface area (Å²) in [4.78, 5) is 23.3. The van der Waals surface area contributed by atoms with Crippen LogP contribution in [0.2, 0.25) is 0 Å².